The topological polar surface area (TPSA) is 51.8 Å². The molecule has 0 bridgehead atoms. The Balaban J connectivity index is 1.75. The Labute approximate surface area is 146 Å². The third kappa shape index (κ3) is 3.51. The second kappa shape index (κ2) is 6.77. The summed E-state index contributed by atoms with van der Waals surface area (Å²) < 4.78 is 5.66. The summed E-state index contributed by atoms with van der Waals surface area (Å²) in [6, 6.07) is 6.27. The number of nitrogens with zero attached hydrogens (tertiary/aromatic N) is 3. The first-order chi connectivity index (χ1) is 11.4. The van der Waals surface area contributed by atoms with Gasteiger partial charge in [-0.1, -0.05) is 29.5 Å². The Bertz CT molecular complexity index is 863. The summed E-state index contributed by atoms with van der Waals surface area (Å²) in [4.78, 5) is 13.7. The van der Waals surface area contributed by atoms with Gasteiger partial charge in [-0.25, -0.2) is 15.0 Å². The first-order valence-corrected chi connectivity index (χ1v) is 8.89. The van der Waals surface area contributed by atoms with Crippen LogP contribution in [-0.4, -0.2) is 15.0 Å². The highest BCUT2D eigenvalue weighted by molar-refractivity contribution is 7.98. The lowest BCUT2D eigenvalue weighted by Crippen LogP contribution is -1.98. The van der Waals surface area contributed by atoms with Crippen molar-refractivity contribution in [2.75, 3.05) is 0 Å². The quantitative estimate of drug-likeness (QED) is 0.496. The van der Waals surface area contributed by atoms with E-state index in [1.807, 2.05) is 20.8 Å². The van der Waals surface area contributed by atoms with Crippen LogP contribution in [0.4, 0.5) is 0 Å². The van der Waals surface area contributed by atoms with Crippen LogP contribution in [-0.2, 0) is 5.75 Å². The highest BCUT2D eigenvalue weighted by Gasteiger charge is 2.11. The lowest BCUT2D eigenvalue weighted by molar-refractivity contribution is 0.573. The van der Waals surface area contributed by atoms with Crippen LogP contribution in [0.15, 0.2) is 34.0 Å². The molecule has 0 aliphatic heterocycles. The van der Waals surface area contributed by atoms with Crippen molar-refractivity contribution in [1.82, 2.24) is 15.0 Å². The molecule has 5 heteroatoms. The van der Waals surface area contributed by atoms with Crippen LogP contribution < -0.4 is 0 Å². The molecule has 2 aromatic heterocycles. The maximum absolute atomic E-state index is 5.66. The first kappa shape index (κ1) is 16.7. The minimum atomic E-state index is 0.667. The van der Waals surface area contributed by atoms with E-state index < -0.39 is 0 Å². The normalized spacial score (nSPS) is 11.0. The van der Waals surface area contributed by atoms with E-state index >= 15 is 0 Å². The molecule has 0 aliphatic carbocycles. The summed E-state index contributed by atoms with van der Waals surface area (Å²) in [5, 5.41) is 0.784. The molecule has 0 saturated carbocycles. The molecule has 0 atom stereocenters. The van der Waals surface area contributed by atoms with E-state index in [0.29, 0.717) is 11.6 Å². The lowest BCUT2D eigenvalue weighted by atomic mass is 10.1. The Hall–Kier alpha value is -2.14. The molecule has 0 unspecified atom stereocenters. The Morgan fingerprint density at radius 2 is 1.67 bits per heavy atom. The predicted octanol–water partition coefficient (Wildman–Crippen LogP) is 4.97. The molecule has 3 rings (SSSR count). The SMILES string of the molecule is Cc1ccc(-c2nc(CSc3nc(C)c(C)c(C)n3)co2)c(C)c1. The molecule has 0 saturated heterocycles. The van der Waals surface area contributed by atoms with Crippen molar-refractivity contribution in [2.45, 2.75) is 45.5 Å². The standard InChI is InChI=1S/C19H21N3OS/c1-11-6-7-17(12(2)8-11)18-22-16(9-23-18)10-24-19-20-14(4)13(3)15(5)21-19/h6-9H,10H2,1-5H3. The van der Waals surface area contributed by atoms with Crippen molar-refractivity contribution in [3.63, 3.8) is 0 Å². The van der Waals surface area contributed by atoms with Crippen LogP contribution >= 0.6 is 11.8 Å². The zero-order valence-corrected chi connectivity index (χ0v) is 15.5. The second-order valence-corrected chi connectivity index (χ2v) is 7.00. The van der Waals surface area contributed by atoms with E-state index in [9.17, 15) is 0 Å². The van der Waals surface area contributed by atoms with E-state index in [1.54, 1.807) is 18.0 Å². The minimum Gasteiger partial charge on any atom is -0.444 e. The zero-order valence-electron chi connectivity index (χ0n) is 14.7. The molecule has 124 valence electrons. The van der Waals surface area contributed by atoms with Crippen molar-refractivity contribution >= 4 is 11.8 Å². The maximum Gasteiger partial charge on any atom is 0.226 e. The van der Waals surface area contributed by atoms with Crippen LogP contribution in [0.25, 0.3) is 11.5 Å². The van der Waals surface area contributed by atoms with Crippen LogP contribution in [0.3, 0.4) is 0 Å². The van der Waals surface area contributed by atoms with Crippen molar-refractivity contribution in [2.24, 2.45) is 0 Å². The molecule has 0 radical (unpaired) electrons. The third-order valence-electron chi connectivity index (χ3n) is 4.13. The highest BCUT2D eigenvalue weighted by atomic mass is 32.2. The summed E-state index contributed by atoms with van der Waals surface area (Å²) in [7, 11) is 0. The summed E-state index contributed by atoms with van der Waals surface area (Å²) in [5.74, 6) is 1.36. The summed E-state index contributed by atoms with van der Waals surface area (Å²) >= 11 is 1.58. The van der Waals surface area contributed by atoms with E-state index in [4.69, 9.17) is 4.42 Å². The smallest absolute Gasteiger partial charge is 0.226 e. The molecule has 0 fully saturated rings. The maximum atomic E-state index is 5.66. The van der Waals surface area contributed by atoms with Gasteiger partial charge in [-0.2, -0.15) is 0 Å². The van der Waals surface area contributed by atoms with Gasteiger partial charge in [0.05, 0.1) is 5.69 Å². The number of benzene rings is 1. The average molecular weight is 339 g/mol. The van der Waals surface area contributed by atoms with Crippen molar-refractivity contribution in [3.05, 3.63) is 58.2 Å². The highest BCUT2D eigenvalue weighted by Crippen LogP contribution is 2.26. The van der Waals surface area contributed by atoms with E-state index in [0.717, 1.165) is 33.4 Å². The zero-order chi connectivity index (χ0) is 17.3. The van der Waals surface area contributed by atoms with Crippen molar-refractivity contribution in [3.8, 4) is 11.5 Å². The van der Waals surface area contributed by atoms with Gasteiger partial charge in [-0.3, -0.25) is 0 Å². The molecule has 24 heavy (non-hydrogen) atoms. The van der Waals surface area contributed by atoms with Crippen LogP contribution in [0.1, 0.15) is 33.8 Å². The second-order valence-electron chi connectivity index (χ2n) is 6.05. The number of hydrogen-bond donors (Lipinski definition) is 0. The molecule has 3 aromatic rings. The minimum absolute atomic E-state index is 0.667. The Kier molecular flexibility index (Phi) is 4.71. The third-order valence-corrected chi connectivity index (χ3v) is 5.01. The Morgan fingerprint density at radius 1 is 0.958 bits per heavy atom. The van der Waals surface area contributed by atoms with Gasteiger partial charge in [0.15, 0.2) is 5.16 Å². The fourth-order valence-corrected chi connectivity index (χ4v) is 3.31. The van der Waals surface area contributed by atoms with Gasteiger partial charge in [-0.05, 0) is 51.8 Å². The van der Waals surface area contributed by atoms with Gasteiger partial charge in [0.1, 0.15) is 6.26 Å². The number of aromatic nitrogens is 3. The molecule has 1 aromatic carbocycles. The van der Waals surface area contributed by atoms with Gasteiger partial charge in [0.25, 0.3) is 0 Å². The molecular formula is C19H21N3OS. The largest absolute Gasteiger partial charge is 0.444 e. The Morgan fingerprint density at radius 3 is 2.33 bits per heavy atom. The van der Waals surface area contributed by atoms with E-state index in [-0.39, 0.29) is 0 Å². The van der Waals surface area contributed by atoms with Gasteiger partial charge >= 0.3 is 0 Å². The fraction of sp³-hybridized carbons (Fsp3) is 0.316. The van der Waals surface area contributed by atoms with Gasteiger partial charge in [0, 0.05) is 22.7 Å². The molecular weight excluding hydrogens is 318 g/mol. The van der Waals surface area contributed by atoms with Crippen LogP contribution in [0.5, 0.6) is 0 Å². The molecule has 4 nitrogen and oxygen atoms in total. The molecule has 0 amide bonds. The molecule has 0 spiro atoms. The summed E-state index contributed by atoms with van der Waals surface area (Å²) in [6.45, 7) is 10.2. The van der Waals surface area contributed by atoms with E-state index in [2.05, 4.69) is 47.0 Å². The van der Waals surface area contributed by atoms with Gasteiger partial charge in [0.2, 0.25) is 5.89 Å². The molecule has 0 N–H and O–H groups in total. The van der Waals surface area contributed by atoms with E-state index in [1.165, 1.54) is 11.1 Å². The summed E-state index contributed by atoms with van der Waals surface area (Å²) in [5.41, 5.74) is 7.55. The monoisotopic (exact) mass is 339 g/mol. The van der Waals surface area contributed by atoms with Crippen LogP contribution in [0.2, 0.25) is 0 Å². The number of oxazole rings is 1. The lowest BCUT2D eigenvalue weighted by Gasteiger charge is -2.05. The fourth-order valence-electron chi connectivity index (χ4n) is 2.50. The molecule has 0 aliphatic rings. The molecule has 2 heterocycles. The number of aryl methyl sites for hydroxylation is 4. The van der Waals surface area contributed by atoms with Crippen molar-refractivity contribution in [1.29, 1.82) is 0 Å². The first-order valence-electron chi connectivity index (χ1n) is 7.90. The number of thioether (sulfide) groups is 1. The number of hydrogen-bond acceptors (Lipinski definition) is 5. The predicted molar refractivity (Wildman–Crippen MR) is 97.2 cm³/mol. The van der Waals surface area contributed by atoms with Crippen molar-refractivity contribution < 1.29 is 4.42 Å². The average Bonchev–Trinajstić information content (AvgIpc) is 2.99. The number of rotatable bonds is 4. The summed E-state index contributed by atoms with van der Waals surface area (Å²) in [6.07, 6.45) is 1.72. The van der Waals surface area contributed by atoms with Crippen LogP contribution in [0, 0.1) is 34.6 Å². The van der Waals surface area contributed by atoms with Gasteiger partial charge in [-0.15, -0.1) is 0 Å². The van der Waals surface area contributed by atoms with Gasteiger partial charge < -0.3 is 4.42 Å².